The molecule has 1 N–H and O–H groups in total. The van der Waals surface area contributed by atoms with Gasteiger partial charge in [0.25, 0.3) is 0 Å². The van der Waals surface area contributed by atoms with Gasteiger partial charge >= 0.3 is 0 Å². The van der Waals surface area contributed by atoms with Gasteiger partial charge in [-0.1, -0.05) is 29.3 Å². The minimum Gasteiger partial charge on any atom is -0.356 e. The molecule has 2 aromatic rings. The van der Waals surface area contributed by atoms with Crippen molar-refractivity contribution in [2.24, 2.45) is 0 Å². The average Bonchev–Trinajstić information content (AvgIpc) is 2.92. The molecule has 0 aliphatic rings. The quantitative estimate of drug-likeness (QED) is 0.834. The molecule has 0 bridgehead atoms. The second-order valence-corrected chi connectivity index (χ2v) is 5.16. The topological polar surface area (TPSA) is 46.9 Å². The van der Waals surface area contributed by atoms with E-state index in [0.717, 1.165) is 13.0 Å². The number of halogens is 2. The average molecular weight is 312 g/mol. The Morgan fingerprint density at radius 1 is 1.25 bits per heavy atom. The third-order valence-electron chi connectivity index (χ3n) is 2.84. The highest BCUT2D eigenvalue weighted by Crippen LogP contribution is 2.24. The zero-order chi connectivity index (χ0) is 14.4. The fraction of sp³-hybridized carbons (Fsp3) is 0.286. The molecule has 0 aliphatic heterocycles. The molecule has 0 aliphatic carbocycles. The van der Waals surface area contributed by atoms with E-state index in [1.807, 2.05) is 16.9 Å². The van der Waals surface area contributed by atoms with Crippen molar-refractivity contribution in [3.8, 4) is 0 Å². The number of aryl methyl sites for hydroxylation is 1. The Hall–Kier alpha value is -1.52. The molecule has 0 spiro atoms. The molecule has 20 heavy (non-hydrogen) atoms. The second kappa shape index (κ2) is 7.31. The highest BCUT2D eigenvalue weighted by Gasteiger charge is 2.10. The van der Waals surface area contributed by atoms with E-state index < -0.39 is 0 Å². The van der Waals surface area contributed by atoms with E-state index in [0.29, 0.717) is 22.2 Å². The first-order chi connectivity index (χ1) is 9.66. The molecule has 1 aromatic carbocycles. The fourth-order valence-electron chi connectivity index (χ4n) is 1.83. The maximum Gasteiger partial charge on any atom is 0.224 e. The van der Waals surface area contributed by atoms with Crippen LogP contribution in [0, 0.1) is 0 Å². The molecule has 0 unspecified atom stereocenters. The summed E-state index contributed by atoms with van der Waals surface area (Å²) >= 11 is 12.1. The normalized spacial score (nSPS) is 10.5. The monoisotopic (exact) mass is 311 g/mol. The number of nitrogens with zero attached hydrogens (tertiary/aromatic N) is 2. The zero-order valence-electron chi connectivity index (χ0n) is 10.9. The van der Waals surface area contributed by atoms with Gasteiger partial charge in [-0.2, -0.15) is 5.10 Å². The summed E-state index contributed by atoms with van der Waals surface area (Å²) in [6.45, 7) is 1.38. The SMILES string of the molecule is O=C(Cc1c(Cl)cccc1Cl)NCCCn1cccn1. The molecule has 2 rings (SSSR count). The summed E-state index contributed by atoms with van der Waals surface area (Å²) in [6, 6.07) is 7.09. The number of benzene rings is 1. The molecular formula is C14H15Cl2N3O. The van der Waals surface area contributed by atoms with E-state index in [1.165, 1.54) is 0 Å². The third-order valence-corrected chi connectivity index (χ3v) is 3.55. The lowest BCUT2D eigenvalue weighted by Gasteiger charge is -2.08. The fourth-order valence-corrected chi connectivity index (χ4v) is 2.36. The summed E-state index contributed by atoms with van der Waals surface area (Å²) in [7, 11) is 0. The number of hydrogen-bond donors (Lipinski definition) is 1. The summed E-state index contributed by atoms with van der Waals surface area (Å²) in [5.74, 6) is -0.0829. The molecule has 4 nitrogen and oxygen atoms in total. The lowest BCUT2D eigenvalue weighted by atomic mass is 10.1. The van der Waals surface area contributed by atoms with Gasteiger partial charge in [0.1, 0.15) is 0 Å². The first kappa shape index (κ1) is 14.9. The summed E-state index contributed by atoms with van der Waals surface area (Å²) in [4.78, 5) is 11.8. The molecule has 0 atom stereocenters. The smallest absolute Gasteiger partial charge is 0.224 e. The van der Waals surface area contributed by atoms with Crippen molar-refractivity contribution < 1.29 is 4.79 Å². The Kier molecular flexibility index (Phi) is 5.44. The molecule has 1 aromatic heterocycles. The standard InChI is InChI=1S/C14H15Cl2N3O/c15-12-4-1-5-13(16)11(12)10-14(20)17-6-2-8-19-9-3-7-18-19/h1,3-5,7,9H,2,6,8,10H2,(H,17,20). The van der Waals surface area contributed by atoms with Crippen LogP contribution in [0.15, 0.2) is 36.7 Å². The maximum absolute atomic E-state index is 11.8. The van der Waals surface area contributed by atoms with Crippen LogP contribution in [0.5, 0.6) is 0 Å². The molecule has 1 amide bonds. The number of amides is 1. The van der Waals surface area contributed by atoms with E-state index >= 15 is 0 Å². The van der Waals surface area contributed by atoms with E-state index in [4.69, 9.17) is 23.2 Å². The molecule has 6 heteroatoms. The van der Waals surface area contributed by atoms with Gasteiger partial charge in [0.05, 0.1) is 6.42 Å². The van der Waals surface area contributed by atoms with E-state index in [1.54, 1.807) is 24.4 Å². The van der Waals surface area contributed by atoms with Gasteiger partial charge in [0.15, 0.2) is 0 Å². The third kappa shape index (κ3) is 4.25. The summed E-state index contributed by atoms with van der Waals surface area (Å²) in [5, 5.41) is 7.98. The van der Waals surface area contributed by atoms with Crippen molar-refractivity contribution in [2.45, 2.75) is 19.4 Å². The minimum absolute atomic E-state index is 0.0829. The Morgan fingerprint density at radius 2 is 2.00 bits per heavy atom. The van der Waals surface area contributed by atoms with Gasteiger partial charge in [0, 0.05) is 35.5 Å². The van der Waals surface area contributed by atoms with Gasteiger partial charge in [-0.25, -0.2) is 0 Å². The van der Waals surface area contributed by atoms with Crippen LogP contribution in [-0.4, -0.2) is 22.2 Å². The molecular weight excluding hydrogens is 297 g/mol. The van der Waals surface area contributed by atoms with Crippen LogP contribution in [-0.2, 0) is 17.8 Å². The number of carbonyl (C=O) groups is 1. The summed E-state index contributed by atoms with van der Waals surface area (Å²) in [6.07, 6.45) is 4.65. The van der Waals surface area contributed by atoms with Crippen molar-refractivity contribution in [1.82, 2.24) is 15.1 Å². The van der Waals surface area contributed by atoms with Gasteiger partial charge in [0.2, 0.25) is 5.91 Å². The number of carbonyl (C=O) groups excluding carboxylic acids is 1. The van der Waals surface area contributed by atoms with Crippen molar-refractivity contribution in [3.05, 3.63) is 52.3 Å². The van der Waals surface area contributed by atoms with Gasteiger partial charge in [-0.3, -0.25) is 9.48 Å². The van der Waals surface area contributed by atoms with Crippen molar-refractivity contribution in [1.29, 1.82) is 0 Å². The number of aromatic nitrogens is 2. The Labute approximate surface area is 127 Å². The van der Waals surface area contributed by atoms with Gasteiger partial charge in [-0.15, -0.1) is 0 Å². The summed E-state index contributed by atoms with van der Waals surface area (Å²) in [5.41, 5.74) is 0.667. The van der Waals surface area contributed by atoms with Gasteiger partial charge in [-0.05, 0) is 30.2 Å². The van der Waals surface area contributed by atoms with E-state index in [9.17, 15) is 4.79 Å². The predicted molar refractivity (Wildman–Crippen MR) is 80.0 cm³/mol. The molecule has 0 radical (unpaired) electrons. The zero-order valence-corrected chi connectivity index (χ0v) is 12.4. The largest absolute Gasteiger partial charge is 0.356 e. The first-order valence-electron chi connectivity index (χ1n) is 6.34. The molecule has 106 valence electrons. The van der Waals surface area contributed by atoms with E-state index in [2.05, 4.69) is 10.4 Å². The molecule has 1 heterocycles. The van der Waals surface area contributed by atoms with Crippen LogP contribution in [0.3, 0.4) is 0 Å². The number of nitrogens with one attached hydrogen (secondary N) is 1. The van der Waals surface area contributed by atoms with Crippen molar-refractivity contribution >= 4 is 29.1 Å². The van der Waals surface area contributed by atoms with Crippen LogP contribution < -0.4 is 5.32 Å². The van der Waals surface area contributed by atoms with E-state index in [-0.39, 0.29) is 12.3 Å². The Morgan fingerprint density at radius 3 is 2.65 bits per heavy atom. The number of hydrogen-bond acceptors (Lipinski definition) is 2. The Bertz CT molecular complexity index is 550. The van der Waals surface area contributed by atoms with Crippen LogP contribution in [0.1, 0.15) is 12.0 Å². The lowest BCUT2D eigenvalue weighted by molar-refractivity contribution is -0.120. The van der Waals surface area contributed by atoms with Crippen LogP contribution in [0.2, 0.25) is 10.0 Å². The minimum atomic E-state index is -0.0829. The second-order valence-electron chi connectivity index (χ2n) is 4.35. The highest BCUT2D eigenvalue weighted by molar-refractivity contribution is 6.36. The first-order valence-corrected chi connectivity index (χ1v) is 7.09. The van der Waals surface area contributed by atoms with Crippen molar-refractivity contribution in [3.63, 3.8) is 0 Å². The molecule has 0 fully saturated rings. The Balaban J connectivity index is 1.75. The summed E-state index contributed by atoms with van der Waals surface area (Å²) < 4.78 is 1.83. The predicted octanol–water partition coefficient (Wildman–Crippen LogP) is 2.94. The molecule has 0 saturated heterocycles. The van der Waals surface area contributed by atoms with Crippen LogP contribution in [0.4, 0.5) is 0 Å². The number of rotatable bonds is 6. The maximum atomic E-state index is 11.8. The lowest BCUT2D eigenvalue weighted by Crippen LogP contribution is -2.27. The van der Waals surface area contributed by atoms with Crippen molar-refractivity contribution in [2.75, 3.05) is 6.54 Å². The molecule has 0 saturated carbocycles. The van der Waals surface area contributed by atoms with Gasteiger partial charge < -0.3 is 5.32 Å². The van der Waals surface area contributed by atoms with Crippen LogP contribution in [0.25, 0.3) is 0 Å². The highest BCUT2D eigenvalue weighted by atomic mass is 35.5. The van der Waals surface area contributed by atoms with Crippen LogP contribution >= 0.6 is 23.2 Å².